The lowest BCUT2D eigenvalue weighted by Gasteiger charge is -2.11. The number of benzene rings is 1. The summed E-state index contributed by atoms with van der Waals surface area (Å²) in [5.41, 5.74) is 0.478. The molecular formula is C10H9ClF2O. The molecule has 0 amide bonds. The third-order valence-corrected chi connectivity index (χ3v) is 2.08. The third kappa shape index (κ3) is 2.29. The van der Waals surface area contributed by atoms with Gasteiger partial charge in [0.25, 0.3) is 0 Å². The van der Waals surface area contributed by atoms with E-state index < -0.39 is 11.7 Å². The van der Waals surface area contributed by atoms with Gasteiger partial charge in [0.05, 0.1) is 0 Å². The lowest BCUT2D eigenvalue weighted by molar-refractivity contribution is 0.0221. The second-order valence-electron chi connectivity index (χ2n) is 3.18. The average Bonchev–Trinajstić information content (AvgIpc) is 2.06. The van der Waals surface area contributed by atoms with Gasteiger partial charge in [-0.3, -0.25) is 4.79 Å². The van der Waals surface area contributed by atoms with Crippen LogP contribution in [0.3, 0.4) is 0 Å². The first-order chi connectivity index (χ1) is 6.32. The number of ketones is 1. The Morgan fingerprint density at radius 1 is 1.43 bits per heavy atom. The molecule has 0 bridgehead atoms. The molecule has 0 fully saturated rings. The molecule has 1 aromatic rings. The fourth-order valence-electron chi connectivity index (χ4n) is 1.08. The minimum absolute atomic E-state index is 0.0231. The Bertz CT molecular complexity index is 369. The van der Waals surface area contributed by atoms with Gasteiger partial charge in [-0.2, -0.15) is 8.78 Å². The number of rotatable bonds is 2. The molecule has 1 rings (SSSR count). The van der Waals surface area contributed by atoms with E-state index in [0.717, 1.165) is 0 Å². The maximum atomic E-state index is 12.7. The first kappa shape index (κ1) is 11.1. The molecule has 0 atom stereocenters. The molecule has 76 valence electrons. The largest absolute Gasteiger partial charge is 0.307 e. The molecule has 0 saturated heterocycles. The van der Waals surface area contributed by atoms with E-state index in [-0.39, 0.29) is 10.6 Å². The lowest BCUT2D eigenvalue weighted by Crippen LogP contribution is -2.25. The lowest BCUT2D eigenvalue weighted by atomic mass is 10.0. The molecule has 4 heteroatoms. The maximum absolute atomic E-state index is 12.7. The topological polar surface area (TPSA) is 17.1 Å². The van der Waals surface area contributed by atoms with Crippen LogP contribution < -0.4 is 0 Å². The van der Waals surface area contributed by atoms with Crippen LogP contribution in [0.2, 0.25) is 5.02 Å². The Hall–Kier alpha value is -0.960. The number of carbonyl (C=O) groups is 1. The molecule has 14 heavy (non-hydrogen) atoms. The van der Waals surface area contributed by atoms with Gasteiger partial charge >= 0.3 is 5.92 Å². The molecule has 1 aromatic carbocycles. The van der Waals surface area contributed by atoms with E-state index in [9.17, 15) is 13.6 Å². The monoisotopic (exact) mass is 218 g/mol. The highest BCUT2D eigenvalue weighted by Crippen LogP contribution is 2.23. The van der Waals surface area contributed by atoms with E-state index in [4.69, 9.17) is 11.6 Å². The van der Waals surface area contributed by atoms with Crippen LogP contribution >= 0.6 is 11.6 Å². The van der Waals surface area contributed by atoms with Crippen molar-refractivity contribution in [1.29, 1.82) is 0 Å². The fraction of sp³-hybridized carbons (Fsp3) is 0.300. The second-order valence-corrected chi connectivity index (χ2v) is 3.61. The molecule has 0 radical (unpaired) electrons. The summed E-state index contributed by atoms with van der Waals surface area (Å²) in [6, 6.07) is 4.36. The van der Waals surface area contributed by atoms with Crippen LogP contribution in [-0.4, -0.2) is 11.7 Å². The van der Waals surface area contributed by atoms with Crippen molar-refractivity contribution in [3.8, 4) is 0 Å². The van der Waals surface area contributed by atoms with Crippen LogP contribution in [-0.2, 0) is 0 Å². The zero-order valence-corrected chi connectivity index (χ0v) is 8.53. The van der Waals surface area contributed by atoms with Crippen LogP contribution in [0.25, 0.3) is 0 Å². The highest BCUT2D eigenvalue weighted by atomic mass is 35.5. The molecule has 0 unspecified atom stereocenters. The van der Waals surface area contributed by atoms with E-state index in [1.165, 1.54) is 6.07 Å². The number of aryl methyl sites for hydroxylation is 1. The molecule has 0 saturated carbocycles. The fourth-order valence-corrected chi connectivity index (χ4v) is 1.25. The minimum atomic E-state index is -3.35. The molecule has 1 nitrogen and oxygen atoms in total. The van der Waals surface area contributed by atoms with Gasteiger partial charge in [0.2, 0.25) is 5.78 Å². The second kappa shape index (κ2) is 3.65. The van der Waals surface area contributed by atoms with E-state index in [2.05, 4.69) is 0 Å². The normalized spacial score (nSPS) is 11.5. The average molecular weight is 219 g/mol. The summed E-state index contributed by atoms with van der Waals surface area (Å²) >= 11 is 5.61. The number of hydrogen-bond donors (Lipinski definition) is 0. The molecule has 0 aliphatic rings. The summed E-state index contributed by atoms with van der Waals surface area (Å²) < 4.78 is 25.4. The van der Waals surface area contributed by atoms with Gasteiger partial charge in [0.1, 0.15) is 0 Å². The van der Waals surface area contributed by atoms with E-state index in [1.54, 1.807) is 19.1 Å². The van der Waals surface area contributed by atoms with Crippen molar-refractivity contribution in [2.24, 2.45) is 0 Å². The minimum Gasteiger partial charge on any atom is -0.287 e. The summed E-state index contributed by atoms with van der Waals surface area (Å²) in [7, 11) is 0. The van der Waals surface area contributed by atoms with Gasteiger partial charge in [0.15, 0.2) is 0 Å². The summed E-state index contributed by atoms with van der Waals surface area (Å²) in [4.78, 5) is 11.2. The van der Waals surface area contributed by atoms with Gasteiger partial charge in [-0.25, -0.2) is 0 Å². The zero-order chi connectivity index (χ0) is 10.9. The Balaban J connectivity index is 3.19. The molecule has 0 aromatic heterocycles. The van der Waals surface area contributed by atoms with Crippen LogP contribution in [0.1, 0.15) is 22.8 Å². The Morgan fingerprint density at radius 3 is 2.50 bits per heavy atom. The number of halogens is 3. The van der Waals surface area contributed by atoms with Crippen LogP contribution in [0.4, 0.5) is 8.78 Å². The van der Waals surface area contributed by atoms with Crippen molar-refractivity contribution in [2.45, 2.75) is 19.8 Å². The van der Waals surface area contributed by atoms with E-state index in [1.807, 2.05) is 0 Å². The molecule has 0 aliphatic carbocycles. The van der Waals surface area contributed by atoms with Gasteiger partial charge < -0.3 is 0 Å². The molecule has 0 spiro atoms. The van der Waals surface area contributed by atoms with Gasteiger partial charge in [0, 0.05) is 17.5 Å². The van der Waals surface area contributed by atoms with E-state index in [0.29, 0.717) is 12.5 Å². The molecule has 0 N–H and O–H groups in total. The number of hydrogen-bond acceptors (Lipinski definition) is 1. The third-order valence-electron chi connectivity index (χ3n) is 1.84. The van der Waals surface area contributed by atoms with Crippen LogP contribution in [0.5, 0.6) is 0 Å². The number of alkyl halides is 2. The smallest absolute Gasteiger partial charge is 0.287 e. The van der Waals surface area contributed by atoms with Crippen molar-refractivity contribution in [3.05, 3.63) is 34.3 Å². The standard InChI is InChI=1S/C10H9ClF2O/c1-6-3-4-7(11)5-8(6)9(14)10(2,12)13/h3-5H,1-2H3. The predicted octanol–water partition coefficient (Wildman–Crippen LogP) is 3.49. The van der Waals surface area contributed by atoms with Gasteiger partial charge in [-0.1, -0.05) is 17.7 Å². The molecule has 0 aliphatic heterocycles. The Kier molecular flexibility index (Phi) is 2.90. The quantitative estimate of drug-likeness (QED) is 0.695. The predicted molar refractivity (Wildman–Crippen MR) is 51.1 cm³/mol. The summed E-state index contributed by atoms with van der Waals surface area (Å²) in [6.45, 7) is 2.17. The van der Waals surface area contributed by atoms with Crippen molar-refractivity contribution in [1.82, 2.24) is 0 Å². The maximum Gasteiger partial charge on any atom is 0.307 e. The summed E-state index contributed by atoms with van der Waals surface area (Å²) in [5.74, 6) is -4.55. The summed E-state index contributed by atoms with van der Waals surface area (Å²) in [6.07, 6.45) is 0. The van der Waals surface area contributed by atoms with Crippen LogP contribution in [0.15, 0.2) is 18.2 Å². The van der Waals surface area contributed by atoms with Gasteiger partial charge in [-0.05, 0) is 24.6 Å². The highest BCUT2D eigenvalue weighted by Gasteiger charge is 2.33. The molecule has 0 heterocycles. The molecular weight excluding hydrogens is 210 g/mol. The van der Waals surface area contributed by atoms with E-state index >= 15 is 0 Å². The van der Waals surface area contributed by atoms with Crippen LogP contribution in [0, 0.1) is 6.92 Å². The van der Waals surface area contributed by atoms with Crippen molar-refractivity contribution in [3.63, 3.8) is 0 Å². The Morgan fingerprint density at radius 2 is 2.00 bits per heavy atom. The highest BCUT2D eigenvalue weighted by molar-refractivity contribution is 6.31. The zero-order valence-electron chi connectivity index (χ0n) is 7.77. The van der Waals surface area contributed by atoms with Crippen molar-refractivity contribution >= 4 is 17.4 Å². The van der Waals surface area contributed by atoms with Gasteiger partial charge in [-0.15, -0.1) is 0 Å². The van der Waals surface area contributed by atoms with Crippen molar-refractivity contribution in [2.75, 3.05) is 0 Å². The summed E-state index contributed by atoms with van der Waals surface area (Å²) in [5, 5.41) is 0.281. The Labute approximate surface area is 85.7 Å². The van der Waals surface area contributed by atoms with Crippen molar-refractivity contribution < 1.29 is 13.6 Å². The number of Topliss-reactive ketones (excluding diaryl/α,β-unsaturated/α-hetero) is 1. The number of carbonyl (C=O) groups excluding carboxylic acids is 1. The SMILES string of the molecule is Cc1ccc(Cl)cc1C(=O)C(C)(F)F. The first-order valence-electron chi connectivity index (χ1n) is 4.01. The first-order valence-corrected chi connectivity index (χ1v) is 4.39.